The number of aryl methyl sites for hydroxylation is 1. The van der Waals surface area contributed by atoms with E-state index in [1.54, 1.807) is 18.3 Å². The number of carbonyl (C=O) groups excluding carboxylic acids is 2. The zero-order valence-corrected chi connectivity index (χ0v) is 18.4. The number of nitrogens with zero attached hydrogens (tertiary/aromatic N) is 2. The average molecular weight is 454 g/mol. The minimum Gasteiger partial charge on any atom is -0.441 e. The second kappa shape index (κ2) is 10.5. The van der Waals surface area contributed by atoms with Gasteiger partial charge in [0, 0.05) is 48.7 Å². The fraction of sp³-hybridized carbons (Fsp3) is 0.292. The molecule has 0 saturated carbocycles. The molecule has 0 aliphatic carbocycles. The minimum atomic E-state index is -0.314. The van der Waals surface area contributed by atoms with Gasteiger partial charge in [0.2, 0.25) is 11.8 Å². The third-order valence-electron chi connectivity index (χ3n) is 5.21. The van der Waals surface area contributed by atoms with Crippen molar-refractivity contribution in [1.82, 2.24) is 9.88 Å². The number of hydrogen-bond donors (Lipinski definition) is 1. The van der Waals surface area contributed by atoms with Crippen molar-refractivity contribution in [2.75, 3.05) is 29.9 Å². The number of benzene rings is 2. The molecule has 2 aromatic carbocycles. The first-order chi connectivity index (χ1) is 15.6. The van der Waals surface area contributed by atoms with E-state index < -0.39 is 0 Å². The van der Waals surface area contributed by atoms with Gasteiger partial charge in [0.1, 0.15) is 5.82 Å². The van der Waals surface area contributed by atoms with Crippen LogP contribution in [0.25, 0.3) is 11.3 Å². The minimum absolute atomic E-state index is 0.146. The summed E-state index contributed by atoms with van der Waals surface area (Å²) in [5.41, 5.74) is 2.34. The number of aromatic nitrogens is 1. The fourth-order valence-corrected chi connectivity index (χ4v) is 4.33. The Morgan fingerprint density at radius 3 is 2.50 bits per heavy atom. The summed E-state index contributed by atoms with van der Waals surface area (Å²) in [6.45, 7) is 1.63. The van der Waals surface area contributed by atoms with Gasteiger partial charge in [-0.15, -0.1) is 0 Å². The van der Waals surface area contributed by atoms with Crippen molar-refractivity contribution in [3.63, 3.8) is 0 Å². The zero-order valence-electron chi connectivity index (χ0n) is 17.6. The van der Waals surface area contributed by atoms with Crippen LogP contribution < -0.4 is 5.32 Å². The van der Waals surface area contributed by atoms with E-state index in [0.717, 1.165) is 35.7 Å². The molecule has 0 atom stereocenters. The van der Waals surface area contributed by atoms with Crippen molar-refractivity contribution < 1.29 is 18.4 Å². The van der Waals surface area contributed by atoms with E-state index in [0.29, 0.717) is 30.2 Å². The summed E-state index contributed by atoms with van der Waals surface area (Å²) in [6, 6.07) is 13.3. The number of thioether (sulfide) groups is 1. The molecular formula is C24H24FN3O3S. The first kappa shape index (κ1) is 22.1. The summed E-state index contributed by atoms with van der Waals surface area (Å²) in [5.74, 6) is 2.66. The number of carbonyl (C=O) groups is 2. The van der Waals surface area contributed by atoms with E-state index in [9.17, 15) is 14.0 Å². The van der Waals surface area contributed by atoms with Crippen LogP contribution in [-0.2, 0) is 22.4 Å². The van der Waals surface area contributed by atoms with Gasteiger partial charge in [0.25, 0.3) is 0 Å². The maximum absolute atomic E-state index is 13.0. The Labute approximate surface area is 190 Å². The van der Waals surface area contributed by atoms with E-state index in [1.807, 2.05) is 40.9 Å². The molecular weight excluding hydrogens is 429 g/mol. The quantitative estimate of drug-likeness (QED) is 0.581. The highest BCUT2D eigenvalue weighted by atomic mass is 32.2. The molecule has 8 heteroatoms. The molecule has 1 N–H and O–H groups in total. The third kappa shape index (κ3) is 5.97. The van der Waals surface area contributed by atoms with E-state index in [4.69, 9.17) is 4.42 Å². The van der Waals surface area contributed by atoms with Crippen LogP contribution >= 0.6 is 11.8 Å². The Balaban J connectivity index is 1.24. The molecule has 1 aliphatic rings. The van der Waals surface area contributed by atoms with E-state index in [-0.39, 0.29) is 24.1 Å². The monoisotopic (exact) mass is 453 g/mol. The molecule has 3 aromatic rings. The molecule has 32 heavy (non-hydrogen) atoms. The van der Waals surface area contributed by atoms with Gasteiger partial charge < -0.3 is 14.6 Å². The summed E-state index contributed by atoms with van der Waals surface area (Å²) in [4.78, 5) is 30.8. The number of amides is 2. The molecule has 4 rings (SSSR count). The van der Waals surface area contributed by atoms with Crippen molar-refractivity contribution in [1.29, 1.82) is 0 Å². The highest BCUT2D eigenvalue weighted by Crippen LogP contribution is 2.21. The van der Waals surface area contributed by atoms with Crippen LogP contribution in [0.1, 0.15) is 17.9 Å². The van der Waals surface area contributed by atoms with Crippen LogP contribution in [0.15, 0.2) is 59.1 Å². The fourth-order valence-electron chi connectivity index (χ4n) is 3.42. The standard InChI is InChI=1S/C24H24FN3O3S/c25-19-5-3-18(4-6-19)21-16-26-23(31-21)10-9-22(29)27-20-7-1-17(2-8-20)15-24(30)28-11-13-32-14-12-28/h1-8,16H,9-15H2,(H,27,29). The third-order valence-corrected chi connectivity index (χ3v) is 6.15. The van der Waals surface area contributed by atoms with Gasteiger partial charge in [0.15, 0.2) is 11.7 Å². The number of rotatable bonds is 7. The SMILES string of the molecule is O=C(CCc1ncc(-c2ccc(F)cc2)o1)Nc1ccc(CC(=O)N2CCSCC2)cc1. The van der Waals surface area contributed by atoms with Gasteiger partial charge in [0.05, 0.1) is 12.6 Å². The van der Waals surface area contributed by atoms with Crippen molar-refractivity contribution in [3.8, 4) is 11.3 Å². The lowest BCUT2D eigenvalue weighted by atomic mass is 10.1. The molecule has 6 nitrogen and oxygen atoms in total. The Bertz CT molecular complexity index is 1060. The normalized spacial score (nSPS) is 13.7. The van der Waals surface area contributed by atoms with Crippen molar-refractivity contribution in [3.05, 3.63) is 72.0 Å². The molecule has 2 amide bonds. The number of nitrogens with one attached hydrogen (secondary N) is 1. The zero-order chi connectivity index (χ0) is 22.3. The van der Waals surface area contributed by atoms with Crippen molar-refractivity contribution in [2.45, 2.75) is 19.3 Å². The smallest absolute Gasteiger partial charge is 0.227 e. The Morgan fingerprint density at radius 1 is 1.06 bits per heavy atom. The lowest BCUT2D eigenvalue weighted by Crippen LogP contribution is -2.38. The van der Waals surface area contributed by atoms with Crippen LogP contribution in [0.4, 0.5) is 10.1 Å². The molecule has 0 unspecified atom stereocenters. The van der Waals surface area contributed by atoms with Gasteiger partial charge in [-0.05, 0) is 42.0 Å². The van der Waals surface area contributed by atoms with E-state index in [2.05, 4.69) is 10.3 Å². The summed E-state index contributed by atoms with van der Waals surface area (Å²) in [6.07, 6.45) is 2.52. The molecule has 0 bridgehead atoms. The van der Waals surface area contributed by atoms with E-state index >= 15 is 0 Å². The molecule has 2 heterocycles. The summed E-state index contributed by atoms with van der Waals surface area (Å²) < 4.78 is 18.7. The highest BCUT2D eigenvalue weighted by molar-refractivity contribution is 7.99. The van der Waals surface area contributed by atoms with Gasteiger partial charge in [-0.2, -0.15) is 11.8 Å². The Kier molecular flexibility index (Phi) is 7.21. The van der Waals surface area contributed by atoms with Gasteiger partial charge in [-0.3, -0.25) is 9.59 Å². The van der Waals surface area contributed by atoms with Gasteiger partial charge in [-0.1, -0.05) is 12.1 Å². The molecule has 1 fully saturated rings. The average Bonchev–Trinajstić information content (AvgIpc) is 3.29. The van der Waals surface area contributed by atoms with Crippen molar-refractivity contribution >= 4 is 29.3 Å². The lowest BCUT2D eigenvalue weighted by Gasteiger charge is -2.26. The maximum atomic E-state index is 13.0. The first-order valence-electron chi connectivity index (χ1n) is 10.5. The predicted octanol–water partition coefficient (Wildman–Crippen LogP) is 4.17. The number of anilines is 1. The maximum Gasteiger partial charge on any atom is 0.227 e. The molecule has 0 spiro atoms. The van der Waals surface area contributed by atoms with E-state index in [1.165, 1.54) is 12.1 Å². The molecule has 166 valence electrons. The molecule has 1 saturated heterocycles. The summed E-state index contributed by atoms with van der Waals surface area (Å²) >= 11 is 1.88. The molecule has 0 radical (unpaired) electrons. The van der Waals surface area contributed by atoms with Gasteiger partial charge >= 0.3 is 0 Å². The molecule has 1 aliphatic heterocycles. The number of halogens is 1. The van der Waals surface area contributed by atoms with Gasteiger partial charge in [-0.25, -0.2) is 9.37 Å². The topological polar surface area (TPSA) is 75.4 Å². The Morgan fingerprint density at radius 2 is 1.78 bits per heavy atom. The van der Waals surface area contributed by atoms with Crippen LogP contribution in [-0.4, -0.2) is 46.3 Å². The summed E-state index contributed by atoms with van der Waals surface area (Å²) in [7, 11) is 0. The number of oxazole rings is 1. The molecule has 1 aromatic heterocycles. The van der Waals surface area contributed by atoms with Crippen LogP contribution in [0.2, 0.25) is 0 Å². The van der Waals surface area contributed by atoms with Crippen LogP contribution in [0, 0.1) is 5.82 Å². The largest absolute Gasteiger partial charge is 0.441 e. The second-order valence-corrected chi connectivity index (χ2v) is 8.76. The van der Waals surface area contributed by atoms with Crippen LogP contribution in [0.3, 0.4) is 0 Å². The lowest BCUT2D eigenvalue weighted by molar-refractivity contribution is -0.130. The summed E-state index contributed by atoms with van der Waals surface area (Å²) in [5, 5.41) is 2.85. The van der Waals surface area contributed by atoms with Crippen LogP contribution in [0.5, 0.6) is 0 Å². The number of hydrogen-bond acceptors (Lipinski definition) is 5. The highest BCUT2D eigenvalue weighted by Gasteiger charge is 2.17. The predicted molar refractivity (Wildman–Crippen MR) is 123 cm³/mol. The first-order valence-corrected chi connectivity index (χ1v) is 11.7. The second-order valence-electron chi connectivity index (χ2n) is 7.54. The Hall–Kier alpha value is -3.13. The van der Waals surface area contributed by atoms with Crippen molar-refractivity contribution in [2.24, 2.45) is 0 Å².